The Balaban J connectivity index is 1.34. The van der Waals surface area contributed by atoms with Crippen LogP contribution < -0.4 is 10.2 Å². The maximum atomic E-state index is 11.0. The van der Waals surface area contributed by atoms with Crippen LogP contribution >= 0.6 is 24.0 Å². The summed E-state index contributed by atoms with van der Waals surface area (Å²) in [6.07, 6.45) is 4.30. The molecule has 2 aliphatic rings. The normalized spacial score (nSPS) is 19.0. The second-order valence-electron chi connectivity index (χ2n) is 9.77. The Kier molecular flexibility index (Phi) is 6.41. The molecule has 0 bridgehead atoms. The first kappa shape index (κ1) is 24.6. The number of nitro benzene ring substituents is 1. The molecule has 192 valence electrons. The van der Waals surface area contributed by atoms with Gasteiger partial charge in [-0.2, -0.15) is 0 Å². The highest BCUT2D eigenvalue weighted by molar-refractivity contribution is 7.99. The molecule has 0 spiro atoms. The molecule has 1 saturated heterocycles. The molecule has 2 fully saturated rings. The molecule has 1 aliphatic carbocycles. The van der Waals surface area contributed by atoms with Crippen molar-refractivity contribution in [2.45, 2.75) is 54.6 Å². The molecular weight excluding hydrogens is 514 g/mol. The largest absolute Gasteiger partial charge is 0.351 e. The number of nitrogens with zero attached hydrogens (tertiary/aromatic N) is 4. The number of aryl methyl sites for hydroxylation is 1. The number of anilines is 1. The number of rotatable bonds is 7. The van der Waals surface area contributed by atoms with Gasteiger partial charge in [-0.15, -0.1) is 0 Å². The van der Waals surface area contributed by atoms with Gasteiger partial charge in [0.25, 0.3) is 5.69 Å². The minimum absolute atomic E-state index is 0.0377. The van der Waals surface area contributed by atoms with E-state index in [9.17, 15) is 10.1 Å². The maximum Gasteiger partial charge on any atom is 0.269 e. The highest BCUT2D eigenvalue weighted by Crippen LogP contribution is 2.46. The van der Waals surface area contributed by atoms with E-state index >= 15 is 0 Å². The second kappa shape index (κ2) is 9.89. The Morgan fingerprint density at radius 3 is 2.32 bits per heavy atom. The van der Waals surface area contributed by atoms with Crippen LogP contribution in [0.5, 0.6) is 0 Å². The molecule has 7 nitrogen and oxygen atoms in total. The second-order valence-corrected chi connectivity index (χ2v) is 11.3. The van der Waals surface area contributed by atoms with Crippen LogP contribution in [0.25, 0.3) is 0 Å². The third kappa shape index (κ3) is 4.56. The van der Waals surface area contributed by atoms with Gasteiger partial charge in [0.1, 0.15) is 0 Å². The number of benzene rings is 2. The fourth-order valence-corrected chi connectivity index (χ4v) is 6.55. The molecule has 6 rings (SSSR count). The standard InChI is InChI=1S/C29H27N5O2S2/c1-18-17-25(19(2)32(18)20-6-7-20)28-27(26-5-3-4-16-30-26)31-29(37)33(28)21-8-12-23(13-9-21)38-24-14-10-22(11-15-24)34(35)36/h3-5,8-17,20,27-28H,6-7H2,1-2H3,(H,31,37)/t27-,28-/m1/s1. The zero-order valence-electron chi connectivity index (χ0n) is 21.1. The molecule has 9 heteroatoms. The molecule has 2 aromatic carbocycles. The van der Waals surface area contributed by atoms with Crippen LogP contribution in [0.2, 0.25) is 0 Å². The highest BCUT2D eigenvalue weighted by Gasteiger charge is 2.43. The third-order valence-electron chi connectivity index (χ3n) is 7.25. The number of pyridine rings is 1. The van der Waals surface area contributed by atoms with E-state index in [4.69, 9.17) is 12.2 Å². The van der Waals surface area contributed by atoms with Crippen LogP contribution in [-0.4, -0.2) is 19.6 Å². The van der Waals surface area contributed by atoms with E-state index in [-0.39, 0.29) is 22.7 Å². The van der Waals surface area contributed by atoms with Gasteiger partial charge in [0.2, 0.25) is 0 Å². The molecule has 1 N–H and O–H groups in total. The lowest BCUT2D eigenvalue weighted by molar-refractivity contribution is -0.384. The van der Waals surface area contributed by atoms with Crippen LogP contribution in [0.3, 0.4) is 0 Å². The van der Waals surface area contributed by atoms with Crippen molar-refractivity contribution in [1.82, 2.24) is 14.9 Å². The zero-order chi connectivity index (χ0) is 26.4. The molecule has 38 heavy (non-hydrogen) atoms. The van der Waals surface area contributed by atoms with Crippen LogP contribution in [0.1, 0.15) is 53.6 Å². The van der Waals surface area contributed by atoms with Crippen LogP contribution in [0.15, 0.2) is 88.8 Å². The summed E-state index contributed by atoms with van der Waals surface area (Å²) in [6, 6.07) is 23.8. The first-order valence-corrected chi connectivity index (χ1v) is 13.8. The monoisotopic (exact) mass is 541 g/mol. The number of thiocarbonyl (C=S) groups is 1. The quantitative estimate of drug-likeness (QED) is 0.152. The molecule has 0 amide bonds. The Labute approximate surface area is 231 Å². The van der Waals surface area contributed by atoms with Gasteiger partial charge in [0.05, 0.1) is 22.7 Å². The number of nitrogens with one attached hydrogen (secondary N) is 1. The van der Waals surface area contributed by atoms with Gasteiger partial charge in [-0.25, -0.2) is 0 Å². The predicted molar refractivity (Wildman–Crippen MR) is 154 cm³/mol. The summed E-state index contributed by atoms with van der Waals surface area (Å²) in [5, 5.41) is 15.2. The Morgan fingerprint density at radius 1 is 1.03 bits per heavy atom. The summed E-state index contributed by atoms with van der Waals surface area (Å²) in [7, 11) is 0. The Bertz CT molecular complexity index is 1500. The first-order chi connectivity index (χ1) is 18.4. The van der Waals surface area contributed by atoms with E-state index < -0.39 is 0 Å². The number of nitro groups is 1. The minimum Gasteiger partial charge on any atom is -0.351 e. The smallest absolute Gasteiger partial charge is 0.269 e. The Hall–Kier alpha value is -3.69. The summed E-state index contributed by atoms with van der Waals surface area (Å²) < 4.78 is 2.48. The molecule has 2 aromatic heterocycles. The van der Waals surface area contributed by atoms with Crippen molar-refractivity contribution in [3.8, 4) is 0 Å². The van der Waals surface area contributed by atoms with E-state index in [2.05, 4.69) is 70.0 Å². The van der Waals surface area contributed by atoms with E-state index in [1.165, 1.54) is 41.9 Å². The maximum absolute atomic E-state index is 11.0. The van der Waals surface area contributed by atoms with Crippen molar-refractivity contribution in [3.05, 3.63) is 112 Å². The van der Waals surface area contributed by atoms with E-state index in [0.717, 1.165) is 21.2 Å². The van der Waals surface area contributed by atoms with Gasteiger partial charge >= 0.3 is 0 Å². The van der Waals surface area contributed by atoms with Gasteiger partial charge in [-0.05, 0) is 99.1 Å². The van der Waals surface area contributed by atoms with Gasteiger partial charge in [-0.1, -0.05) is 17.8 Å². The third-order valence-corrected chi connectivity index (χ3v) is 8.58. The van der Waals surface area contributed by atoms with E-state index in [1.54, 1.807) is 23.9 Å². The minimum atomic E-state index is -0.382. The summed E-state index contributed by atoms with van der Waals surface area (Å²) in [5.41, 5.74) is 5.90. The molecule has 0 radical (unpaired) electrons. The topological polar surface area (TPSA) is 76.2 Å². The Morgan fingerprint density at radius 2 is 1.71 bits per heavy atom. The zero-order valence-corrected chi connectivity index (χ0v) is 22.7. The molecule has 4 aromatic rings. The fraction of sp³-hybridized carbons (Fsp3) is 0.241. The number of non-ortho nitro benzene ring substituents is 1. The van der Waals surface area contributed by atoms with Gasteiger partial charge in [-0.3, -0.25) is 15.1 Å². The van der Waals surface area contributed by atoms with Crippen molar-refractivity contribution in [1.29, 1.82) is 0 Å². The van der Waals surface area contributed by atoms with Gasteiger partial charge in [0, 0.05) is 51.2 Å². The lowest BCUT2D eigenvalue weighted by Crippen LogP contribution is -2.29. The summed E-state index contributed by atoms with van der Waals surface area (Å²) in [5.74, 6) is 0. The van der Waals surface area contributed by atoms with Crippen molar-refractivity contribution >= 4 is 40.5 Å². The molecule has 0 unspecified atom stereocenters. The van der Waals surface area contributed by atoms with E-state index in [1.807, 2.05) is 18.3 Å². The van der Waals surface area contributed by atoms with Crippen molar-refractivity contribution < 1.29 is 4.92 Å². The number of hydrogen-bond acceptors (Lipinski definition) is 5. The summed E-state index contributed by atoms with van der Waals surface area (Å²) in [4.78, 5) is 19.5. The SMILES string of the molecule is Cc1cc([C@@H]2[C@@H](c3ccccn3)NC(=S)N2c2ccc(Sc3ccc([N+](=O)[O-])cc3)cc2)c(C)n1C1CC1. The summed E-state index contributed by atoms with van der Waals surface area (Å²) >= 11 is 7.48. The lowest BCUT2D eigenvalue weighted by atomic mass is 9.96. The number of aromatic nitrogens is 2. The average molecular weight is 542 g/mol. The van der Waals surface area contributed by atoms with E-state index in [0.29, 0.717) is 11.2 Å². The number of hydrogen-bond donors (Lipinski definition) is 1. The molecular formula is C29H27N5O2S2. The molecule has 1 saturated carbocycles. The van der Waals surface area contributed by atoms with Crippen LogP contribution in [0, 0.1) is 24.0 Å². The van der Waals surface area contributed by atoms with Crippen molar-refractivity contribution in [3.63, 3.8) is 0 Å². The molecule has 3 heterocycles. The predicted octanol–water partition coefficient (Wildman–Crippen LogP) is 7.07. The lowest BCUT2D eigenvalue weighted by Gasteiger charge is -2.28. The van der Waals surface area contributed by atoms with Gasteiger partial charge < -0.3 is 14.8 Å². The summed E-state index contributed by atoms with van der Waals surface area (Å²) in [6.45, 7) is 4.42. The van der Waals surface area contributed by atoms with Crippen molar-refractivity contribution in [2.75, 3.05) is 4.90 Å². The highest BCUT2D eigenvalue weighted by atomic mass is 32.2. The van der Waals surface area contributed by atoms with Gasteiger partial charge in [0.15, 0.2) is 5.11 Å². The first-order valence-electron chi connectivity index (χ1n) is 12.6. The molecule has 2 atom stereocenters. The fourth-order valence-electron chi connectivity index (χ4n) is 5.39. The van der Waals surface area contributed by atoms with Crippen LogP contribution in [-0.2, 0) is 0 Å². The van der Waals surface area contributed by atoms with Crippen LogP contribution in [0.4, 0.5) is 11.4 Å². The average Bonchev–Trinajstić information content (AvgIpc) is 3.63. The van der Waals surface area contributed by atoms with Crippen molar-refractivity contribution in [2.24, 2.45) is 0 Å². The molecule has 1 aliphatic heterocycles.